The van der Waals surface area contributed by atoms with Crippen LogP contribution in [0.4, 0.5) is 0 Å². The molecule has 1 aliphatic heterocycles. The molecule has 1 aliphatic rings. The van der Waals surface area contributed by atoms with Gasteiger partial charge in [0.25, 0.3) is 0 Å². The van der Waals surface area contributed by atoms with Gasteiger partial charge in [-0.3, -0.25) is 4.90 Å². The van der Waals surface area contributed by atoms with Crippen LogP contribution in [0.5, 0.6) is 0 Å². The van der Waals surface area contributed by atoms with Crippen LogP contribution in [-0.2, 0) is 6.54 Å². The number of benzene rings is 1. The van der Waals surface area contributed by atoms with Gasteiger partial charge in [0, 0.05) is 23.6 Å². The Balaban J connectivity index is 1.94. The molecule has 0 aromatic heterocycles. The highest BCUT2D eigenvalue weighted by atomic mass is 79.9. The molecule has 1 fully saturated rings. The van der Waals surface area contributed by atoms with E-state index in [1.807, 2.05) is 0 Å². The van der Waals surface area contributed by atoms with Crippen LogP contribution in [-0.4, -0.2) is 30.6 Å². The molecule has 1 unspecified atom stereocenters. The number of likely N-dealkylation sites (tertiary alicyclic amines) is 1. The Morgan fingerprint density at radius 1 is 1.28 bits per heavy atom. The van der Waals surface area contributed by atoms with Gasteiger partial charge >= 0.3 is 0 Å². The second kappa shape index (κ2) is 7.27. The largest absolute Gasteiger partial charge is 0.315 e. The highest BCUT2D eigenvalue weighted by Crippen LogP contribution is 2.20. The molecule has 2 rings (SSSR count). The Labute approximate surface area is 119 Å². The van der Waals surface area contributed by atoms with Gasteiger partial charge in [-0.05, 0) is 43.6 Å². The molecule has 2 nitrogen and oxygen atoms in total. The summed E-state index contributed by atoms with van der Waals surface area (Å²) in [5.74, 6) is 0. The summed E-state index contributed by atoms with van der Waals surface area (Å²) in [7, 11) is 0. The fourth-order valence-corrected chi connectivity index (χ4v) is 2.90. The lowest BCUT2D eigenvalue weighted by atomic mass is 10.0. The molecular weight excluding hydrogens is 288 g/mol. The van der Waals surface area contributed by atoms with E-state index >= 15 is 0 Å². The number of piperidine rings is 1. The topological polar surface area (TPSA) is 15.3 Å². The Kier molecular flexibility index (Phi) is 5.67. The van der Waals surface area contributed by atoms with Crippen LogP contribution in [0.3, 0.4) is 0 Å². The van der Waals surface area contributed by atoms with Crippen LogP contribution in [0.25, 0.3) is 0 Å². The van der Waals surface area contributed by atoms with Gasteiger partial charge in [0.1, 0.15) is 0 Å². The lowest BCUT2D eigenvalue weighted by Gasteiger charge is -2.36. The molecule has 0 radical (unpaired) electrons. The molecule has 3 heteroatoms. The van der Waals surface area contributed by atoms with Crippen LogP contribution in [0.2, 0.25) is 0 Å². The summed E-state index contributed by atoms with van der Waals surface area (Å²) >= 11 is 3.49. The minimum Gasteiger partial charge on any atom is -0.315 e. The van der Waals surface area contributed by atoms with Crippen molar-refractivity contribution in [3.05, 3.63) is 34.3 Å². The van der Waals surface area contributed by atoms with E-state index in [9.17, 15) is 0 Å². The lowest BCUT2D eigenvalue weighted by Crippen LogP contribution is -2.44. The quantitative estimate of drug-likeness (QED) is 0.896. The molecule has 0 bridgehead atoms. The highest BCUT2D eigenvalue weighted by molar-refractivity contribution is 9.10. The summed E-state index contributed by atoms with van der Waals surface area (Å²) < 4.78 is 1.16. The summed E-state index contributed by atoms with van der Waals surface area (Å²) in [6, 6.07) is 9.44. The summed E-state index contributed by atoms with van der Waals surface area (Å²) in [6.45, 7) is 6.72. The van der Waals surface area contributed by atoms with Gasteiger partial charge in [-0.1, -0.05) is 41.4 Å². The first-order chi connectivity index (χ1) is 8.79. The van der Waals surface area contributed by atoms with Crippen molar-refractivity contribution in [2.24, 2.45) is 0 Å². The van der Waals surface area contributed by atoms with Crippen LogP contribution in [0.1, 0.15) is 31.7 Å². The maximum Gasteiger partial charge on any atom is 0.0237 e. The molecule has 1 aromatic carbocycles. The van der Waals surface area contributed by atoms with Crippen molar-refractivity contribution in [3.8, 4) is 0 Å². The maximum absolute atomic E-state index is 3.49. The van der Waals surface area contributed by atoms with Crippen molar-refractivity contribution >= 4 is 15.9 Å². The standard InChI is InChI=1S/C15H23BrN2/c1-2-17-11-15-5-3-4-10-18(15)12-13-6-8-14(16)9-7-13/h6-9,15,17H,2-5,10-12H2,1H3. The van der Waals surface area contributed by atoms with Crippen molar-refractivity contribution in [3.63, 3.8) is 0 Å². The number of nitrogens with zero attached hydrogens (tertiary/aromatic N) is 1. The van der Waals surface area contributed by atoms with E-state index in [4.69, 9.17) is 0 Å². The first-order valence-corrected chi connectivity index (χ1v) is 7.78. The zero-order chi connectivity index (χ0) is 12.8. The van der Waals surface area contributed by atoms with E-state index in [0.29, 0.717) is 6.04 Å². The SMILES string of the molecule is CCNCC1CCCCN1Cc1ccc(Br)cc1. The van der Waals surface area contributed by atoms with E-state index in [-0.39, 0.29) is 0 Å². The van der Waals surface area contributed by atoms with Crippen molar-refractivity contribution in [1.29, 1.82) is 0 Å². The summed E-state index contributed by atoms with van der Waals surface area (Å²) in [5.41, 5.74) is 1.42. The highest BCUT2D eigenvalue weighted by Gasteiger charge is 2.21. The predicted octanol–water partition coefficient (Wildman–Crippen LogP) is 3.41. The van der Waals surface area contributed by atoms with Gasteiger partial charge in [-0.2, -0.15) is 0 Å². The molecule has 1 N–H and O–H groups in total. The second-order valence-corrected chi connectivity index (χ2v) is 5.97. The molecule has 18 heavy (non-hydrogen) atoms. The molecule has 1 heterocycles. The molecule has 1 aromatic rings. The second-order valence-electron chi connectivity index (χ2n) is 5.05. The summed E-state index contributed by atoms with van der Waals surface area (Å²) in [5, 5.41) is 3.49. The smallest absolute Gasteiger partial charge is 0.0237 e. The molecule has 1 saturated heterocycles. The predicted molar refractivity (Wildman–Crippen MR) is 80.7 cm³/mol. The number of rotatable bonds is 5. The fraction of sp³-hybridized carbons (Fsp3) is 0.600. The number of nitrogens with one attached hydrogen (secondary N) is 1. The first-order valence-electron chi connectivity index (χ1n) is 6.99. The molecule has 0 aliphatic carbocycles. The molecule has 0 spiro atoms. The lowest BCUT2D eigenvalue weighted by molar-refractivity contribution is 0.138. The van der Waals surface area contributed by atoms with Crippen LogP contribution in [0.15, 0.2) is 28.7 Å². The minimum atomic E-state index is 0.711. The molecule has 0 amide bonds. The Bertz CT molecular complexity index is 350. The zero-order valence-corrected chi connectivity index (χ0v) is 12.7. The number of hydrogen-bond donors (Lipinski definition) is 1. The third-order valence-electron chi connectivity index (χ3n) is 3.68. The van der Waals surface area contributed by atoms with E-state index in [2.05, 4.69) is 57.3 Å². The van der Waals surface area contributed by atoms with Gasteiger partial charge in [0.05, 0.1) is 0 Å². The maximum atomic E-state index is 3.49. The fourth-order valence-electron chi connectivity index (χ4n) is 2.63. The number of halogens is 1. The Morgan fingerprint density at radius 3 is 2.78 bits per heavy atom. The monoisotopic (exact) mass is 310 g/mol. The van der Waals surface area contributed by atoms with Gasteiger partial charge in [0.2, 0.25) is 0 Å². The minimum absolute atomic E-state index is 0.711. The van der Waals surface area contributed by atoms with Crippen LogP contribution in [0, 0.1) is 0 Å². The van der Waals surface area contributed by atoms with E-state index in [0.717, 1.165) is 24.1 Å². The van der Waals surface area contributed by atoms with E-state index in [1.165, 1.54) is 31.4 Å². The van der Waals surface area contributed by atoms with Gasteiger partial charge in [-0.15, -0.1) is 0 Å². The number of likely N-dealkylation sites (N-methyl/N-ethyl adjacent to an activating group) is 1. The van der Waals surface area contributed by atoms with Gasteiger partial charge in [0.15, 0.2) is 0 Å². The van der Waals surface area contributed by atoms with Crippen molar-refractivity contribution in [2.75, 3.05) is 19.6 Å². The Hall–Kier alpha value is -0.380. The van der Waals surface area contributed by atoms with Crippen molar-refractivity contribution < 1.29 is 0 Å². The molecule has 1 atom stereocenters. The van der Waals surface area contributed by atoms with E-state index < -0.39 is 0 Å². The van der Waals surface area contributed by atoms with Gasteiger partial charge < -0.3 is 5.32 Å². The van der Waals surface area contributed by atoms with E-state index in [1.54, 1.807) is 0 Å². The average molecular weight is 311 g/mol. The summed E-state index contributed by atoms with van der Waals surface area (Å²) in [4.78, 5) is 2.63. The zero-order valence-electron chi connectivity index (χ0n) is 11.2. The normalized spacial score (nSPS) is 21.1. The van der Waals surface area contributed by atoms with Gasteiger partial charge in [-0.25, -0.2) is 0 Å². The summed E-state index contributed by atoms with van der Waals surface area (Å²) in [6.07, 6.45) is 4.07. The number of hydrogen-bond acceptors (Lipinski definition) is 2. The van der Waals surface area contributed by atoms with Crippen LogP contribution < -0.4 is 5.32 Å². The van der Waals surface area contributed by atoms with Crippen molar-refractivity contribution in [1.82, 2.24) is 10.2 Å². The third kappa shape index (κ3) is 4.08. The Morgan fingerprint density at radius 2 is 2.06 bits per heavy atom. The molecular formula is C15H23BrN2. The first kappa shape index (κ1) is 14.0. The average Bonchev–Trinajstić information content (AvgIpc) is 2.40. The third-order valence-corrected chi connectivity index (χ3v) is 4.21. The molecule has 100 valence electrons. The van der Waals surface area contributed by atoms with Crippen LogP contribution >= 0.6 is 15.9 Å². The van der Waals surface area contributed by atoms with Crippen molar-refractivity contribution in [2.45, 2.75) is 38.8 Å². The molecule has 0 saturated carbocycles.